The molecule has 1 fully saturated rings. The van der Waals surface area contributed by atoms with E-state index in [1.807, 2.05) is 6.20 Å². The maximum atomic E-state index is 15.1. The van der Waals surface area contributed by atoms with E-state index in [4.69, 9.17) is 28.9 Å². The van der Waals surface area contributed by atoms with Crippen LogP contribution in [0.2, 0.25) is 10.0 Å². The van der Waals surface area contributed by atoms with Crippen molar-refractivity contribution < 1.29 is 8.60 Å². The summed E-state index contributed by atoms with van der Waals surface area (Å²) in [6.07, 6.45) is 7.93. The fourth-order valence-electron chi connectivity index (χ4n) is 4.33. The predicted octanol–water partition coefficient (Wildman–Crippen LogP) is 6.38. The van der Waals surface area contributed by atoms with Crippen molar-refractivity contribution in [3.05, 3.63) is 64.8 Å². The van der Waals surface area contributed by atoms with Gasteiger partial charge in [-0.3, -0.25) is 4.72 Å². The van der Waals surface area contributed by atoms with E-state index in [1.165, 1.54) is 31.3 Å². The number of nitrogen functional groups attached to an aromatic ring is 1. The molecule has 0 aliphatic heterocycles. The molecule has 1 saturated carbocycles. The number of fused-ring (bicyclic) bond motifs is 1. The first kappa shape index (κ1) is 22.1. The zero-order valence-corrected chi connectivity index (χ0v) is 19.7. The van der Waals surface area contributed by atoms with Crippen LogP contribution in [0.4, 0.5) is 15.9 Å². The molecule has 10 heteroatoms. The molecule has 3 N–H and O–H groups in total. The molecule has 0 radical (unpaired) electrons. The highest BCUT2D eigenvalue weighted by Gasteiger charge is 2.23. The summed E-state index contributed by atoms with van der Waals surface area (Å²) < 4.78 is 32.6. The maximum absolute atomic E-state index is 15.1. The first-order valence-electron chi connectivity index (χ1n) is 10.5. The number of anilines is 2. The van der Waals surface area contributed by atoms with Crippen molar-refractivity contribution in [2.75, 3.05) is 10.5 Å². The number of aromatic nitrogens is 3. The van der Waals surface area contributed by atoms with Crippen molar-refractivity contribution in [3.8, 4) is 11.1 Å². The predicted molar refractivity (Wildman–Crippen MR) is 131 cm³/mol. The summed E-state index contributed by atoms with van der Waals surface area (Å²) in [6.45, 7) is 0. The minimum absolute atomic E-state index is 0.0897. The highest BCUT2D eigenvalue weighted by molar-refractivity contribution is 7.86. The van der Waals surface area contributed by atoms with E-state index in [0.717, 1.165) is 24.1 Å². The minimum Gasteiger partial charge on any atom is -0.383 e. The molecule has 0 spiro atoms. The number of halogens is 3. The van der Waals surface area contributed by atoms with Crippen molar-refractivity contribution in [1.29, 1.82) is 0 Å². The van der Waals surface area contributed by atoms with Crippen LogP contribution in [-0.4, -0.2) is 18.7 Å². The third-order valence-corrected chi connectivity index (χ3v) is 7.75. The Morgan fingerprint density at radius 1 is 1.12 bits per heavy atom. The molecular formula is C23H20Cl2FN5OS. The third kappa shape index (κ3) is 4.18. The van der Waals surface area contributed by atoms with Gasteiger partial charge in [0, 0.05) is 22.8 Å². The number of hydrogen-bond donors (Lipinski definition) is 2. The molecule has 33 heavy (non-hydrogen) atoms. The fraction of sp³-hybridized carbons (Fsp3) is 0.217. The van der Waals surface area contributed by atoms with Crippen LogP contribution < -0.4 is 10.5 Å². The lowest BCUT2D eigenvalue weighted by molar-refractivity contribution is 0.532. The van der Waals surface area contributed by atoms with Crippen molar-refractivity contribution in [2.45, 2.75) is 36.6 Å². The molecule has 1 unspecified atom stereocenters. The van der Waals surface area contributed by atoms with E-state index in [0.29, 0.717) is 32.7 Å². The van der Waals surface area contributed by atoms with Crippen LogP contribution >= 0.6 is 23.2 Å². The Morgan fingerprint density at radius 3 is 2.64 bits per heavy atom. The monoisotopic (exact) mass is 503 g/mol. The van der Waals surface area contributed by atoms with Crippen LogP contribution in [0.1, 0.15) is 31.7 Å². The second-order valence-electron chi connectivity index (χ2n) is 7.99. The SMILES string of the molecule is Nc1ncnc2c1c(-c1ccc(NS(=O)c3ccc(Cl)cc3Cl)c(F)c1)cn2C1CCCC1. The van der Waals surface area contributed by atoms with Crippen molar-refractivity contribution in [1.82, 2.24) is 14.5 Å². The van der Waals surface area contributed by atoms with Crippen LogP contribution in [0.5, 0.6) is 0 Å². The minimum atomic E-state index is -1.76. The van der Waals surface area contributed by atoms with Crippen LogP contribution in [0.25, 0.3) is 22.2 Å². The normalized spacial score (nSPS) is 15.2. The Kier molecular flexibility index (Phi) is 5.99. The Balaban J connectivity index is 1.50. The second kappa shape index (κ2) is 8.93. The fourth-order valence-corrected chi connectivity index (χ4v) is 5.86. The van der Waals surface area contributed by atoms with Gasteiger partial charge in [-0.05, 0) is 48.7 Å². The van der Waals surface area contributed by atoms with Gasteiger partial charge in [-0.2, -0.15) is 0 Å². The molecule has 170 valence electrons. The summed E-state index contributed by atoms with van der Waals surface area (Å²) in [6, 6.07) is 9.65. The highest BCUT2D eigenvalue weighted by atomic mass is 35.5. The van der Waals surface area contributed by atoms with E-state index < -0.39 is 16.8 Å². The number of rotatable bonds is 5. The van der Waals surface area contributed by atoms with Gasteiger partial charge in [-0.1, -0.05) is 42.1 Å². The average Bonchev–Trinajstić information content (AvgIpc) is 3.43. The van der Waals surface area contributed by atoms with E-state index in [-0.39, 0.29) is 10.7 Å². The number of nitrogens with two attached hydrogens (primary N) is 1. The molecule has 2 aromatic heterocycles. The molecule has 0 saturated heterocycles. The first-order chi connectivity index (χ1) is 15.9. The molecule has 0 amide bonds. The Labute approximate surface area is 202 Å². The zero-order chi connectivity index (χ0) is 23.1. The van der Waals surface area contributed by atoms with Crippen molar-refractivity contribution >= 4 is 56.7 Å². The van der Waals surface area contributed by atoms with Crippen LogP contribution in [0.15, 0.2) is 53.8 Å². The third-order valence-electron chi connectivity index (χ3n) is 5.93. The lowest BCUT2D eigenvalue weighted by Crippen LogP contribution is -2.07. The molecule has 4 aromatic rings. The molecule has 0 bridgehead atoms. The molecule has 6 nitrogen and oxygen atoms in total. The Bertz CT molecular complexity index is 1390. The van der Waals surface area contributed by atoms with Gasteiger partial charge in [0.05, 0.1) is 21.0 Å². The van der Waals surface area contributed by atoms with E-state index in [2.05, 4.69) is 19.3 Å². The maximum Gasteiger partial charge on any atom is 0.151 e. The smallest absolute Gasteiger partial charge is 0.151 e. The molecule has 1 aliphatic carbocycles. The van der Waals surface area contributed by atoms with Crippen molar-refractivity contribution in [3.63, 3.8) is 0 Å². The summed E-state index contributed by atoms with van der Waals surface area (Å²) in [4.78, 5) is 8.92. The highest BCUT2D eigenvalue weighted by Crippen LogP contribution is 2.39. The van der Waals surface area contributed by atoms with Gasteiger partial charge < -0.3 is 10.3 Å². The largest absolute Gasteiger partial charge is 0.383 e. The van der Waals surface area contributed by atoms with Gasteiger partial charge in [-0.15, -0.1) is 0 Å². The van der Waals surface area contributed by atoms with Crippen LogP contribution in [-0.2, 0) is 11.0 Å². The van der Waals surface area contributed by atoms with Gasteiger partial charge in [-0.25, -0.2) is 18.6 Å². The van der Waals surface area contributed by atoms with Crippen molar-refractivity contribution in [2.24, 2.45) is 0 Å². The van der Waals surface area contributed by atoms with Gasteiger partial charge >= 0.3 is 0 Å². The quantitative estimate of drug-likeness (QED) is 0.331. The molecule has 2 heterocycles. The molecular weight excluding hydrogens is 484 g/mol. The molecule has 1 aliphatic rings. The van der Waals surface area contributed by atoms with E-state index in [1.54, 1.807) is 24.3 Å². The Hall–Kier alpha value is -2.68. The average molecular weight is 504 g/mol. The van der Waals surface area contributed by atoms with Crippen LogP contribution in [0.3, 0.4) is 0 Å². The zero-order valence-electron chi connectivity index (χ0n) is 17.4. The van der Waals surface area contributed by atoms with E-state index in [9.17, 15) is 4.21 Å². The lowest BCUT2D eigenvalue weighted by Gasteiger charge is -2.12. The summed E-state index contributed by atoms with van der Waals surface area (Å²) in [7, 11) is -1.76. The molecule has 2 aromatic carbocycles. The standard InChI is InChI=1S/C23H20Cl2FN5OS/c24-14-6-8-20(17(25)10-14)33(32)30-19-7-5-13(9-18(19)26)16-11-31(15-3-1-2-4-15)23-21(16)22(27)28-12-29-23/h5-12,15,30H,1-4H2,(H2,27,28,29). The molecule has 1 atom stereocenters. The van der Waals surface area contributed by atoms with Gasteiger partial charge in [0.1, 0.15) is 23.6 Å². The summed E-state index contributed by atoms with van der Waals surface area (Å²) in [5.74, 6) is -0.198. The topological polar surface area (TPSA) is 85.8 Å². The second-order valence-corrected chi connectivity index (χ2v) is 10.0. The van der Waals surface area contributed by atoms with Gasteiger partial charge in [0.2, 0.25) is 0 Å². The number of nitrogens with one attached hydrogen (secondary N) is 1. The van der Waals surface area contributed by atoms with E-state index >= 15 is 4.39 Å². The molecule has 5 rings (SSSR count). The summed E-state index contributed by atoms with van der Waals surface area (Å²) in [5, 5.41) is 1.37. The number of hydrogen-bond acceptors (Lipinski definition) is 4. The number of benzene rings is 2. The van der Waals surface area contributed by atoms with Crippen LogP contribution in [0, 0.1) is 5.82 Å². The van der Waals surface area contributed by atoms with Gasteiger partial charge in [0.15, 0.2) is 11.0 Å². The lowest BCUT2D eigenvalue weighted by atomic mass is 10.1. The summed E-state index contributed by atoms with van der Waals surface area (Å²) >= 11 is 12.0. The Morgan fingerprint density at radius 2 is 1.91 bits per heavy atom. The number of nitrogens with zero attached hydrogens (tertiary/aromatic N) is 3. The summed E-state index contributed by atoms with van der Waals surface area (Å²) in [5.41, 5.74) is 8.44. The first-order valence-corrected chi connectivity index (χ1v) is 12.4. The van der Waals surface area contributed by atoms with Gasteiger partial charge in [0.25, 0.3) is 0 Å².